The third-order valence-electron chi connectivity index (χ3n) is 15.4. The number of fused-ring (bicyclic) bond motifs is 10. The van der Waals surface area contributed by atoms with Crippen molar-refractivity contribution in [3.8, 4) is 56.7 Å². The highest BCUT2D eigenvalue weighted by atomic mass is 15.2. The molecule has 0 saturated heterocycles. The van der Waals surface area contributed by atoms with Crippen molar-refractivity contribution in [2.75, 3.05) is 4.90 Å². The summed E-state index contributed by atoms with van der Waals surface area (Å²) in [5.41, 5.74) is 15.2. The van der Waals surface area contributed by atoms with Gasteiger partial charge in [-0.05, 0) is 136 Å². The first-order chi connectivity index (χ1) is 37.2. The Hall–Kier alpha value is -10.2. The first-order valence-electron chi connectivity index (χ1n) is 25.5. The van der Waals surface area contributed by atoms with Gasteiger partial charge in [0, 0.05) is 66.2 Å². The van der Waals surface area contributed by atoms with E-state index in [0.29, 0.717) is 17.5 Å². The van der Waals surface area contributed by atoms with E-state index in [-0.39, 0.29) is 0 Å². The molecule has 0 amide bonds. The maximum atomic E-state index is 5.55. The minimum absolute atomic E-state index is 0.598. The molecule has 0 N–H and O–H groups in total. The molecule has 1 aliphatic heterocycles. The van der Waals surface area contributed by atoms with Crippen molar-refractivity contribution in [1.29, 1.82) is 0 Å². The fourth-order valence-electron chi connectivity index (χ4n) is 12.1. The van der Waals surface area contributed by atoms with Gasteiger partial charge in [-0.15, -0.1) is 0 Å². The Kier molecular flexibility index (Phi) is 8.94. The largest absolute Gasteiger partial charge is 0.309 e. The van der Waals surface area contributed by atoms with E-state index < -0.39 is 0 Å². The topological polar surface area (TPSA) is 51.8 Å². The van der Waals surface area contributed by atoms with E-state index in [1.165, 1.54) is 32.7 Å². The monoisotopic (exact) mass is 954 g/mol. The van der Waals surface area contributed by atoms with Crippen LogP contribution in [0.1, 0.15) is 0 Å². The van der Waals surface area contributed by atoms with Crippen LogP contribution in [0.25, 0.3) is 133 Å². The van der Waals surface area contributed by atoms with Crippen LogP contribution in [0.2, 0.25) is 0 Å². The predicted octanol–water partition coefficient (Wildman–Crippen LogP) is 18.0. The Balaban J connectivity index is 0.954. The molecule has 0 unspecified atom stereocenters. The molecule has 0 fully saturated rings. The number of anilines is 3. The Bertz CT molecular complexity index is 4660. The maximum absolute atomic E-state index is 5.55. The molecule has 15 aromatic rings. The normalized spacial score (nSPS) is 12.2. The zero-order valence-electron chi connectivity index (χ0n) is 40.4. The maximum Gasteiger partial charge on any atom is 0.164 e. The van der Waals surface area contributed by atoms with Gasteiger partial charge in [-0.2, -0.15) is 0 Å². The zero-order chi connectivity index (χ0) is 49.1. The second-order valence-electron chi connectivity index (χ2n) is 19.6. The van der Waals surface area contributed by atoms with E-state index in [9.17, 15) is 0 Å². The average molecular weight is 955 g/mol. The lowest BCUT2D eigenvalue weighted by Crippen LogP contribution is -2.15. The summed E-state index contributed by atoms with van der Waals surface area (Å²) in [7, 11) is 0. The van der Waals surface area contributed by atoms with E-state index in [1.807, 2.05) is 0 Å². The van der Waals surface area contributed by atoms with Crippen LogP contribution in [0.3, 0.4) is 0 Å². The lowest BCUT2D eigenvalue weighted by molar-refractivity contribution is 1.08. The molecule has 0 aliphatic carbocycles. The molecule has 0 saturated carbocycles. The summed E-state index contributed by atoms with van der Waals surface area (Å²) in [5.74, 6) is 1.80. The molecule has 3 aromatic heterocycles. The highest BCUT2D eigenvalue weighted by Crippen LogP contribution is 2.53. The van der Waals surface area contributed by atoms with Crippen molar-refractivity contribution in [3.63, 3.8) is 0 Å². The number of aromatic nitrogens is 5. The van der Waals surface area contributed by atoms with Gasteiger partial charge in [0.1, 0.15) is 0 Å². The Morgan fingerprint density at radius 3 is 1.37 bits per heavy atom. The van der Waals surface area contributed by atoms with Crippen LogP contribution in [0, 0.1) is 0 Å². The minimum atomic E-state index is 0.598. The summed E-state index contributed by atoms with van der Waals surface area (Å²) >= 11 is 0. The lowest BCUT2D eigenvalue weighted by atomic mass is 9.89. The van der Waals surface area contributed by atoms with Crippen molar-refractivity contribution in [2.45, 2.75) is 0 Å². The number of hydrogen-bond donors (Lipinski definition) is 0. The van der Waals surface area contributed by atoms with Crippen LogP contribution in [0.4, 0.5) is 17.1 Å². The molecule has 4 heterocycles. The highest BCUT2D eigenvalue weighted by Gasteiger charge is 2.28. The smallest absolute Gasteiger partial charge is 0.164 e. The van der Waals surface area contributed by atoms with Gasteiger partial charge < -0.3 is 14.0 Å². The van der Waals surface area contributed by atoms with Crippen LogP contribution in [-0.2, 0) is 0 Å². The van der Waals surface area contributed by atoms with E-state index in [4.69, 9.17) is 15.0 Å². The summed E-state index contributed by atoms with van der Waals surface area (Å²) in [4.78, 5) is 19.0. The Morgan fingerprint density at radius 2 is 0.747 bits per heavy atom. The fraction of sp³-hybridized carbons (Fsp3) is 0. The fourth-order valence-corrected chi connectivity index (χ4v) is 12.1. The second kappa shape index (κ2) is 16.2. The van der Waals surface area contributed by atoms with Gasteiger partial charge in [-0.25, -0.2) is 15.0 Å². The van der Waals surface area contributed by atoms with Gasteiger partial charge in [0.2, 0.25) is 0 Å². The van der Waals surface area contributed by atoms with Crippen molar-refractivity contribution < 1.29 is 0 Å². The average Bonchev–Trinajstić information content (AvgIpc) is 3.99. The molecule has 6 heteroatoms. The third-order valence-corrected chi connectivity index (χ3v) is 15.4. The first kappa shape index (κ1) is 41.4. The Morgan fingerprint density at radius 1 is 0.253 bits per heavy atom. The van der Waals surface area contributed by atoms with Gasteiger partial charge in [0.05, 0.1) is 33.4 Å². The summed E-state index contributed by atoms with van der Waals surface area (Å²) in [6, 6.07) is 91.7. The molecule has 0 radical (unpaired) electrons. The van der Waals surface area contributed by atoms with Crippen LogP contribution in [0.15, 0.2) is 255 Å². The molecule has 348 valence electrons. The van der Waals surface area contributed by atoms with Crippen molar-refractivity contribution in [2.24, 2.45) is 0 Å². The van der Waals surface area contributed by atoms with Crippen LogP contribution in [-0.4, -0.2) is 24.1 Å². The molecule has 1 aliphatic rings. The van der Waals surface area contributed by atoms with Gasteiger partial charge in [0.25, 0.3) is 0 Å². The van der Waals surface area contributed by atoms with Crippen LogP contribution < -0.4 is 4.90 Å². The van der Waals surface area contributed by atoms with Crippen molar-refractivity contribution in [1.82, 2.24) is 24.1 Å². The molecule has 6 nitrogen and oxygen atoms in total. The molecule has 0 bridgehead atoms. The lowest BCUT2D eigenvalue weighted by Gasteiger charge is -2.34. The zero-order valence-corrected chi connectivity index (χ0v) is 40.4. The second-order valence-corrected chi connectivity index (χ2v) is 19.6. The number of benzene rings is 12. The van der Waals surface area contributed by atoms with Crippen molar-refractivity contribution >= 4 is 93.0 Å². The van der Waals surface area contributed by atoms with E-state index in [2.05, 4.69) is 269 Å². The predicted molar refractivity (Wildman–Crippen MR) is 311 cm³/mol. The molecular formula is C69H42N6. The number of hydrogen-bond acceptors (Lipinski definition) is 4. The minimum Gasteiger partial charge on any atom is -0.309 e. The SMILES string of the molecule is c1ccc(-n2c3ccccc3c3cc(-c4nc(-c5ccc6c(c5)c5ccccc5n6-c5ccccc5)nc(-c5cc(N6c7cc8ccccc8cc7-c7cccc8cccc6c78)cc6ccccc56)n4)ccc32)cc1. The van der Waals surface area contributed by atoms with Gasteiger partial charge in [-0.3, -0.25) is 0 Å². The molecule has 12 aromatic carbocycles. The van der Waals surface area contributed by atoms with E-state index in [0.717, 1.165) is 99.5 Å². The highest BCUT2D eigenvalue weighted by molar-refractivity contribution is 6.17. The molecule has 75 heavy (non-hydrogen) atoms. The summed E-state index contributed by atoms with van der Waals surface area (Å²) < 4.78 is 4.69. The molecular weight excluding hydrogens is 913 g/mol. The third kappa shape index (κ3) is 6.36. The van der Waals surface area contributed by atoms with Gasteiger partial charge >= 0.3 is 0 Å². The number of rotatable bonds is 6. The van der Waals surface area contributed by atoms with Crippen LogP contribution in [0.5, 0.6) is 0 Å². The molecule has 0 spiro atoms. The summed E-state index contributed by atoms with van der Waals surface area (Å²) in [5, 5.41) is 11.6. The van der Waals surface area contributed by atoms with E-state index >= 15 is 0 Å². The molecule has 16 rings (SSSR count). The standard InChI is InChI=1S/C69H42N6/c1-3-22-49(23-4-1)73-60-30-13-11-27-53(60)56-39-47(33-35-62(56)73)67-70-68(48-34-36-63-57(40-48)54-28-12-14-31-61(54)74(63)50-24-5-2-6-25-50)72-69(71-67)59-42-51(37-46-19-9-10-26-52(46)59)75-64-32-16-21-43-20-15-29-55(66(43)64)58-38-44-17-7-8-18-45(44)41-65(58)75/h1-42H. The van der Waals surface area contributed by atoms with E-state index in [1.54, 1.807) is 0 Å². The number of nitrogens with zero attached hydrogens (tertiary/aromatic N) is 6. The molecule has 0 atom stereocenters. The quantitative estimate of drug-likeness (QED) is 0.167. The van der Waals surface area contributed by atoms with Gasteiger partial charge in [0.15, 0.2) is 17.5 Å². The van der Waals surface area contributed by atoms with Crippen molar-refractivity contribution in [3.05, 3.63) is 255 Å². The summed E-state index contributed by atoms with van der Waals surface area (Å²) in [6.07, 6.45) is 0. The van der Waals surface area contributed by atoms with Crippen LogP contribution >= 0.6 is 0 Å². The summed E-state index contributed by atoms with van der Waals surface area (Å²) in [6.45, 7) is 0. The first-order valence-corrected chi connectivity index (χ1v) is 25.5. The number of para-hydroxylation sites is 4. The Labute approximate surface area is 431 Å². The van der Waals surface area contributed by atoms with Gasteiger partial charge in [-0.1, -0.05) is 152 Å².